The third-order valence-corrected chi connectivity index (χ3v) is 4.13. The Balaban J connectivity index is 2.35. The normalized spacial score (nSPS) is 14.0. The molecule has 98 valence electrons. The van der Waals surface area contributed by atoms with E-state index in [2.05, 4.69) is 26.7 Å². The largest absolute Gasteiger partial charge is 0.411 e. The van der Waals surface area contributed by atoms with E-state index in [-0.39, 0.29) is 11.4 Å². The standard InChI is InChI=1S/C11H14BrF3OS/c1-7-5-9(8(2)17-7)10(12)3-4-16-6-11(13,14)15/h5,10H,3-4,6H2,1-2H3. The Labute approximate surface area is 111 Å². The molecule has 1 nitrogen and oxygen atoms in total. The van der Waals surface area contributed by atoms with E-state index in [1.165, 1.54) is 9.75 Å². The predicted octanol–water partition coefficient (Wildman–Crippen LogP) is 4.77. The smallest absolute Gasteiger partial charge is 0.372 e. The van der Waals surface area contributed by atoms with Crippen LogP contribution < -0.4 is 0 Å². The van der Waals surface area contributed by atoms with E-state index in [0.717, 1.165) is 5.56 Å². The number of alkyl halides is 4. The number of ether oxygens (including phenoxy) is 1. The molecule has 0 saturated carbocycles. The Morgan fingerprint density at radius 2 is 2.06 bits per heavy atom. The van der Waals surface area contributed by atoms with Crippen LogP contribution in [-0.2, 0) is 4.74 Å². The number of hydrogen-bond donors (Lipinski definition) is 0. The second-order valence-corrected chi connectivity index (χ2v) is 6.36. The number of hydrogen-bond acceptors (Lipinski definition) is 2. The average Bonchev–Trinajstić information content (AvgIpc) is 2.51. The van der Waals surface area contributed by atoms with Crippen LogP contribution in [0.2, 0.25) is 0 Å². The molecule has 1 atom stereocenters. The second-order valence-electron chi connectivity index (χ2n) is 3.79. The van der Waals surface area contributed by atoms with Crippen LogP contribution in [-0.4, -0.2) is 19.4 Å². The first-order valence-corrected chi connectivity index (χ1v) is 6.88. The Hall–Kier alpha value is -0.0700. The molecule has 1 heterocycles. The Bertz CT molecular complexity index is 362. The summed E-state index contributed by atoms with van der Waals surface area (Å²) in [7, 11) is 0. The zero-order valence-electron chi connectivity index (χ0n) is 9.60. The molecule has 0 saturated heterocycles. The van der Waals surface area contributed by atoms with Crippen LogP contribution in [0.3, 0.4) is 0 Å². The molecule has 0 amide bonds. The van der Waals surface area contributed by atoms with Crippen molar-refractivity contribution in [1.82, 2.24) is 0 Å². The highest BCUT2D eigenvalue weighted by atomic mass is 79.9. The molecule has 0 fully saturated rings. The summed E-state index contributed by atoms with van der Waals surface area (Å²) in [6.07, 6.45) is -3.70. The van der Waals surface area contributed by atoms with Crippen LogP contribution in [0, 0.1) is 13.8 Å². The van der Waals surface area contributed by atoms with Gasteiger partial charge in [-0.25, -0.2) is 0 Å². The first-order chi connectivity index (χ1) is 7.79. The number of halogens is 4. The van der Waals surface area contributed by atoms with Gasteiger partial charge in [-0.05, 0) is 31.9 Å². The van der Waals surface area contributed by atoms with Gasteiger partial charge in [-0.2, -0.15) is 13.2 Å². The van der Waals surface area contributed by atoms with Gasteiger partial charge in [-0.3, -0.25) is 0 Å². The van der Waals surface area contributed by atoms with Gasteiger partial charge in [0.15, 0.2) is 0 Å². The van der Waals surface area contributed by atoms with Crippen molar-refractivity contribution in [3.63, 3.8) is 0 Å². The van der Waals surface area contributed by atoms with Crippen molar-refractivity contribution in [3.8, 4) is 0 Å². The highest BCUT2D eigenvalue weighted by Gasteiger charge is 2.27. The lowest BCUT2D eigenvalue weighted by Crippen LogP contribution is -2.17. The van der Waals surface area contributed by atoms with E-state index in [9.17, 15) is 13.2 Å². The van der Waals surface area contributed by atoms with Crippen molar-refractivity contribution in [2.75, 3.05) is 13.2 Å². The highest BCUT2D eigenvalue weighted by molar-refractivity contribution is 9.09. The lowest BCUT2D eigenvalue weighted by Gasteiger charge is -2.11. The summed E-state index contributed by atoms with van der Waals surface area (Å²) in [6, 6.07) is 2.06. The second kappa shape index (κ2) is 6.20. The zero-order chi connectivity index (χ0) is 13.1. The molecule has 6 heteroatoms. The van der Waals surface area contributed by atoms with E-state index in [1.54, 1.807) is 11.3 Å². The van der Waals surface area contributed by atoms with E-state index >= 15 is 0 Å². The predicted molar refractivity (Wildman–Crippen MR) is 67.0 cm³/mol. The maximum atomic E-state index is 11.8. The number of thiophene rings is 1. The van der Waals surface area contributed by atoms with Crippen LogP contribution in [0.1, 0.15) is 26.6 Å². The van der Waals surface area contributed by atoms with Gasteiger partial charge in [0.25, 0.3) is 0 Å². The van der Waals surface area contributed by atoms with E-state index < -0.39 is 12.8 Å². The van der Waals surface area contributed by atoms with Crippen LogP contribution in [0.4, 0.5) is 13.2 Å². The molecule has 1 aromatic heterocycles. The third kappa shape index (κ3) is 5.40. The molecule has 0 spiro atoms. The van der Waals surface area contributed by atoms with Crippen molar-refractivity contribution < 1.29 is 17.9 Å². The molecule has 1 aromatic rings. The average molecular weight is 331 g/mol. The van der Waals surface area contributed by atoms with Crippen molar-refractivity contribution in [2.24, 2.45) is 0 Å². The minimum absolute atomic E-state index is 0.0562. The van der Waals surface area contributed by atoms with Crippen molar-refractivity contribution in [3.05, 3.63) is 21.4 Å². The zero-order valence-corrected chi connectivity index (χ0v) is 12.0. The first kappa shape index (κ1) is 15.0. The molecular formula is C11H14BrF3OS. The maximum absolute atomic E-state index is 11.8. The molecule has 17 heavy (non-hydrogen) atoms. The number of rotatable bonds is 5. The summed E-state index contributed by atoms with van der Waals surface area (Å²) >= 11 is 5.17. The summed E-state index contributed by atoms with van der Waals surface area (Å²) in [6.45, 7) is 2.96. The molecule has 0 N–H and O–H groups in total. The summed E-state index contributed by atoms with van der Waals surface area (Å²) < 4.78 is 40.1. The molecule has 0 aliphatic heterocycles. The van der Waals surface area contributed by atoms with Gasteiger partial charge >= 0.3 is 6.18 Å². The molecular weight excluding hydrogens is 317 g/mol. The molecule has 0 radical (unpaired) electrons. The fourth-order valence-electron chi connectivity index (χ4n) is 1.49. The fourth-order valence-corrected chi connectivity index (χ4v) is 3.29. The van der Waals surface area contributed by atoms with Gasteiger partial charge < -0.3 is 4.74 Å². The summed E-state index contributed by atoms with van der Waals surface area (Å²) in [5, 5.41) is 0. The fraction of sp³-hybridized carbons (Fsp3) is 0.636. The molecule has 0 aliphatic carbocycles. The quantitative estimate of drug-likeness (QED) is 0.558. The molecule has 0 bridgehead atoms. The topological polar surface area (TPSA) is 9.23 Å². The minimum Gasteiger partial charge on any atom is -0.372 e. The van der Waals surface area contributed by atoms with Gasteiger partial charge in [-0.1, -0.05) is 15.9 Å². The summed E-state index contributed by atoms with van der Waals surface area (Å²) in [5.74, 6) is 0. The summed E-state index contributed by atoms with van der Waals surface area (Å²) in [4.78, 5) is 2.46. The van der Waals surface area contributed by atoms with Crippen LogP contribution in [0.5, 0.6) is 0 Å². The molecule has 1 rings (SSSR count). The SMILES string of the molecule is Cc1cc(C(Br)CCOCC(F)(F)F)c(C)s1. The lowest BCUT2D eigenvalue weighted by atomic mass is 10.1. The Morgan fingerprint density at radius 1 is 1.41 bits per heavy atom. The van der Waals surface area contributed by atoms with Gasteiger partial charge in [0.05, 0.1) is 0 Å². The molecule has 0 aliphatic rings. The van der Waals surface area contributed by atoms with E-state index in [4.69, 9.17) is 0 Å². The van der Waals surface area contributed by atoms with Crippen LogP contribution in [0.15, 0.2) is 6.07 Å². The van der Waals surface area contributed by atoms with E-state index in [0.29, 0.717) is 6.42 Å². The van der Waals surface area contributed by atoms with Gasteiger partial charge in [0.2, 0.25) is 0 Å². The van der Waals surface area contributed by atoms with Crippen LogP contribution >= 0.6 is 27.3 Å². The highest BCUT2D eigenvalue weighted by Crippen LogP contribution is 2.33. The van der Waals surface area contributed by atoms with Crippen LogP contribution in [0.25, 0.3) is 0 Å². The Kier molecular flexibility index (Phi) is 5.47. The minimum atomic E-state index is -4.24. The van der Waals surface area contributed by atoms with E-state index in [1.807, 2.05) is 13.8 Å². The van der Waals surface area contributed by atoms with Gasteiger partial charge in [0.1, 0.15) is 6.61 Å². The third-order valence-electron chi connectivity index (χ3n) is 2.20. The van der Waals surface area contributed by atoms with Gasteiger partial charge in [0, 0.05) is 21.2 Å². The first-order valence-electron chi connectivity index (χ1n) is 5.15. The number of aryl methyl sites for hydroxylation is 2. The van der Waals surface area contributed by atoms with Crippen molar-refractivity contribution >= 4 is 27.3 Å². The molecule has 0 aromatic carbocycles. The summed E-state index contributed by atoms with van der Waals surface area (Å²) in [5.41, 5.74) is 1.14. The van der Waals surface area contributed by atoms with Gasteiger partial charge in [-0.15, -0.1) is 11.3 Å². The maximum Gasteiger partial charge on any atom is 0.411 e. The lowest BCUT2D eigenvalue weighted by molar-refractivity contribution is -0.174. The Morgan fingerprint density at radius 3 is 2.53 bits per heavy atom. The molecule has 1 unspecified atom stereocenters. The monoisotopic (exact) mass is 330 g/mol. The van der Waals surface area contributed by atoms with Crippen molar-refractivity contribution in [1.29, 1.82) is 0 Å². The van der Waals surface area contributed by atoms with Crippen molar-refractivity contribution in [2.45, 2.75) is 31.3 Å².